The van der Waals surface area contributed by atoms with Crippen LogP contribution in [0.3, 0.4) is 0 Å². The first-order chi connectivity index (χ1) is 16.8. The second kappa shape index (κ2) is 12.1. The van der Waals surface area contributed by atoms with Gasteiger partial charge in [-0.15, -0.1) is 0 Å². The number of nitrogens with one attached hydrogen (secondary N) is 2. The zero-order valence-corrected chi connectivity index (χ0v) is 21.4. The molecule has 2 N–H and O–H groups in total. The molecule has 0 atom stereocenters. The molecule has 0 bridgehead atoms. The Labute approximate surface area is 207 Å². The Morgan fingerprint density at radius 1 is 1.03 bits per heavy atom. The number of fused-ring (bicyclic) bond motifs is 1. The van der Waals surface area contributed by atoms with E-state index in [1.807, 2.05) is 44.3 Å². The lowest BCUT2D eigenvalue weighted by atomic mass is 10.1. The van der Waals surface area contributed by atoms with Crippen LogP contribution in [0.4, 0.5) is 0 Å². The van der Waals surface area contributed by atoms with Crippen molar-refractivity contribution in [2.24, 2.45) is 0 Å². The number of aromatic nitrogens is 1. The molecule has 1 aromatic heterocycles. The van der Waals surface area contributed by atoms with E-state index < -0.39 is 21.5 Å². The summed E-state index contributed by atoms with van der Waals surface area (Å²) in [5, 5.41) is 3.26. The number of pyridine rings is 1. The molecule has 9 heteroatoms. The van der Waals surface area contributed by atoms with Crippen molar-refractivity contribution in [2.75, 3.05) is 33.2 Å². The maximum atomic E-state index is 13.2. The molecule has 3 rings (SSSR count). The van der Waals surface area contributed by atoms with Gasteiger partial charge < -0.3 is 15.2 Å². The van der Waals surface area contributed by atoms with E-state index in [9.17, 15) is 18.0 Å². The third-order valence-electron chi connectivity index (χ3n) is 5.89. The van der Waals surface area contributed by atoms with Crippen LogP contribution in [-0.2, 0) is 16.6 Å². The lowest BCUT2D eigenvalue weighted by molar-refractivity contribution is 0.0951. The van der Waals surface area contributed by atoms with E-state index in [1.54, 1.807) is 13.0 Å². The van der Waals surface area contributed by atoms with E-state index in [0.29, 0.717) is 37.1 Å². The predicted octanol–water partition coefficient (Wildman–Crippen LogP) is 3.20. The van der Waals surface area contributed by atoms with Gasteiger partial charge in [0.15, 0.2) is 0 Å². The average molecular weight is 499 g/mol. The molecule has 0 spiro atoms. The summed E-state index contributed by atoms with van der Waals surface area (Å²) in [6.07, 6.45) is 1.65. The van der Waals surface area contributed by atoms with E-state index in [4.69, 9.17) is 0 Å². The summed E-state index contributed by atoms with van der Waals surface area (Å²) in [6.45, 7) is 6.35. The van der Waals surface area contributed by atoms with Gasteiger partial charge in [-0.25, -0.2) is 8.42 Å². The molecule has 0 aliphatic rings. The van der Waals surface area contributed by atoms with Crippen LogP contribution >= 0.6 is 0 Å². The molecule has 0 fully saturated rings. The fourth-order valence-corrected chi connectivity index (χ4v) is 5.46. The van der Waals surface area contributed by atoms with Crippen molar-refractivity contribution in [3.8, 4) is 0 Å². The number of aromatic amines is 1. The van der Waals surface area contributed by atoms with Crippen LogP contribution in [0.25, 0.3) is 10.9 Å². The van der Waals surface area contributed by atoms with Crippen LogP contribution in [0, 0.1) is 0 Å². The number of benzene rings is 2. The number of nitrogens with zero attached hydrogens (tertiary/aromatic N) is 2. The van der Waals surface area contributed by atoms with Gasteiger partial charge in [0, 0.05) is 49.7 Å². The number of hydrogen-bond acceptors (Lipinski definition) is 5. The Hall–Kier alpha value is -3.01. The minimum atomic E-state index is -3.72. The molecular weight excluding hydrogens is 464 g/mol. The molecule has 0 saturated carbocycles. The molecule has 0 radical (unpaired) electrons. The molecule has 0 aliphatic carbocycles. The molecule has 2 aromatic carbocycles. The highest BCUT2D eigenvalue weighted by molar-refractivity contribution is 7.89. The van der Waals surface area contributed by atoms with Crippen LogP contribution in [-0.4, -0.2) is 61.7 Å². The molecule has 0 unspecified atom stereocenters. The Morgan fingerprint density at radius 3 is 2.46 bits per heavy atom. The molecule has 3 aromatic rings. The Balaban J connectivity index is 1.79. The monoisotopic (exact) mass is 498 g/mol. The molecule has 35 heavy (non-hydrogen) atoms. The molecule has 1 heterocycles. The van der Waals surface area contributed by atoms with Crippen molar-refractivity contribution < 1.29 is 13.2 Å². The average Bonchev–Trinajstić information content (AvgIpc) is 2.84. The zero-order chi connectivity index (χ0) is 25.4. The third-order valence-corrected chi connectivity index (χ3v) is 7.86. The minimum Gasteiger partial charge on any atom is -0.351 e. The summed E-state index contributed by atoms with van der Waals surface area (Å²) < 4.78 is 27.8. The summed E-state index contributed by atoms with van der Waals surface area (Å²) in [7, 11) is -1.75. The Kier molecular flexibility index (Phi) is 9.20. The number of unbranched alkanes of at least 4 members (excludes halogenated alkanes) is 1. The maximum Gasteiger partial charge on any atom is 0.252 e. The first-order valence-corrected chi connectivity index (χ1v) is 13.4. The molecule has 1 amide bonds. The Morgan fingerprint density at radius 2 is 1.77 bits per heavy atom. The van der Waals surface area contributed by atoms with Gasteiger partial charge in [0.2, 0.25) is 15.6 Å². The first kappa shape index (κ1) is 26.6. The highest BCUT2D eigenvalue weighted by Crippen LogP contribution is 2.23. The van der Waals surface area contributed by atoms with Crippen molar-refractivity contribution in [3.63, 3.8) is 0 Å². The summed E-state index contributed by atoms with van der Waals surface area (Å²) in [5.74, 6) is -0.415. The number of carbonyl (C=O) groups excluding carboxylic acids is 1. The first-order valence-electron chi connectivity index (χ1n) is 11.9. The summed E-state index contributed by atoms with van der Waals surface area (Å²) in [5.41, 5.74) is 1.33. The van der Waals surface area contributed by atoms with Gasteiger partial charge in [0.05, 0.1) is 10.5 Å². The number of H-pyrrole nitrogens is 1. The van der Waals surface area contributed by atoms with Gasteiger partial charge in [-0.1, -0.05) is 50.6 Å². The fraction of sp³-hybridized carbons (Fsp3) is 0.385. The van der Waals surface area contributed by atoms with E-state index >= 15 is 0 Å². The largest absolute Gasteiger partial charge is 0.351 e. The number of sulfonamides is 1. The smallest absolute Gasteiger partial charge is 0.252 e. The maximum absolute atomic E-state index is 13.2. The second-order valence-corrected chi connectivity index (χ2v) is 10.5. The van der Waals surface area contributed by atoms with Crippen LogP contribution in [0.2, 0.25) is 0 Å². The van der Waals surface area contributed by atoms with Crippen molar-refractivity contribution in [2.45, 2.75) is 38.1 Å². The summed E-state index contributed by atoms with van der Waals surface area (Å²) >= 11 is 0. The number of hydrogen-bond donors (Lipinski definition) is 2. The highest BCUT2D eigenvalue weighted by Gasteiger charge is 2.24. The molecule has 188 valence electrons. The molecular formula is C26H34N4O4S. The van der Waals surface area contributed by atoms with Crippen LogP contribution in [0.15, 0.2) is 64.3 Å². The SMILES string of the molecule is CCCCN(CC)S(=O)(=O)c1ccc2[nH]c(=O)cc(C(=O)NCCN(C)Cc3ccccc3)c2c1. The topological polar surface area (TPSA) is 103 Å². The van der Waals surface area contributed by atoms with Gasteiger partial charge in [-0.3, -0.25) is 9.59 Å². The lowest BCUT2D eigenvalue weighted by Crippen LogP contribution is -2.33. The normalized spacial score (nSPS) is 11.9. The molecule has 0 saturated heterocycles. The van der Waals surface area contributed by atoms with E-state index in [0.717, 1.165) is 19.4 Å². The van der Waals surface area contributed by atoms with Crippen LogP contribution in [0.1, 0.15) is 42.6 Å². The van der Waals surface area contributed by atoms with Crippen LogP contribution < -0.4 is 10.9 Å². The quantitative estimate of drug-likeness (QED) is 0.399. The predicted molar refractivity (Wildman–Crippen MR) is 139 cm³/mol. The van der Waals surface area contributed by atoms with E-state index in [-0.39, 0.29) is 10.5 Å². The fourth-order valence-electron chi connectivity index (χ4n) is 3.94. The lowest BCUT2D eigenvalue weighted by Gasteiger charge is -2.20. The van der Waals surface area contributed by atoms with Crippen molar-refractivity contribution in [1.82, 2.24) is 19.5 Å². The van der Waals surface area contributed by atoms with Gasteiger partial charge in [-0.2, -0.15) is 4.31 Å². The van der Waals surface area contributed by atoms with Crippen molar-refractivity contribution in [1.29, 1.82) is 0 Å². The second-order valence-electron chi connectivity index (χ2n) is 8.58. The minimum absolute atomic E-state index is 0.103. The number of carbonyl (C=O) groups is 1. The highest BCUT2D eigenvalue weighted by atomic mass is 32.2. The van der Waals surface area contributed by atoms with E-state index in [2.05, 4.69) is 15.2 Å². The zero-order valence-electron chi connectivity index (χ0n) is 20.6. The molecule has 0 aliphatic heterocycles. The third kappa shape index (κ3) is 6.78. The van der Waals surface area contributed by atoms with Crippen molar-refractivity contribution in [3.05, 3.63) is 76.1 Å². The van der Waals surface area contributed by atoms with Crippen LogP contribution in [0.5, 0.6) is 0 Å². The Bertz CT molecular complexity index is 1310. The van der Waals surface area contributed by atoms with Gasteiger partial charge in [0.1, 0.15) is 0 Å². The van der Waals surface area contributed by atoms with Gasteiger partial charge in [0.25, 0.3) is 5.91 Å². The number of rotatable bonds is 12. The van der Waals surface area contributed by atoms with E-state index in [1.165, 1.54) is 28.1 Å². The van der Waals surface area contributed by atoms with Gasteiger partial charge >= 0.3 is 0 Å². The molecule has 8 nitrogen and oxygen atoms in total. The number of likely N-dealkylation sites (N-methyl/N-ethyl adjacent to an activating group) is 1. The standard InChI is InChI=1S/C26H34N4O4S/c1-4-6-15-30(5-2)35(33,34)21-12-13-24-22(17-21)23(18-25(31)28-24)26(32)27-14-16-29(3)19-20-10-8-7-9-11-20/h7-13,17-18H,4-6,14-16,19H2,1-3H3,(H,27,32)(H,28,31). The van der Waals surface area contributed by atoms with Crippen molar-refractivity contribution >= 4 is 26.8 Å². The summed E-state index contributed by atoms with van der Waals surface area (Å²) in [6, 6.07) is 15.8. The number of amides is 1. The summed E-state index contributed by atoms with van der Waals surface area (Å²) in [4.78, 5) is 30.1. The van der Waals surface area contributed by atoms with Gasteiger partial charge in [-0.05, 0) is 37.2 Å².